The van der Waals surface area contributed by atoms with Gasteiger partial charge in [0.25, 0.3) is 0 Å². The van der Waals surface area contributed by atoms with Crippen molar-refractivity contribution in [1.29, 1.82) is 0 Å². The molecule has 31 heavy (non-hydrogen) atoms. The molecule has 6 heteroatoms. The number of aryl methyl sites for hydroxylation is 4. The molecule has 1 fully saturated rings. The smallest absolute Gasteiger partial charge is 0.140 e. The highest BCUT2D eigenvalue weighted by Gasteiger charge is 2.25. The van der Waals surface area contributed by atoms with Crippen LogP contribution in [-0.2, 0) is 13.6 Å². The van der Waals surface area contributed by atoms with E-state index in [1.807, 2.05) is 17.9 Å². The molecule has 6 nitrogen and oxygen atoms in total. The molecule has 0 amide bonds. The van der Waals surface area contributed by atoms with Gasteiger partial charge >= 0.3 is 0 Å². The zero-order valence-corrected chi connectivity index (χ0v) is 18.8. The second kappa shape index (κ2) is 7.93. The van der Waals surface area contributed by atoms with Crippen molar-refractivity contribution in [2.75, 3.05) is 13.1 Å². The van der Waals surface area contributed by atoms with E-state index in [0.29, 0.717) is 5.92 Å². The first kappa shape index (κ1) is 19.9. The van der Waals surface area contributed by atoms with Crippen molar-refractivity contribution in [2.45, 2.75) is 46.1 Å². The summed E-state index contributed by atoms with van der Waals surface area (Å²) < 4.78 is 4.12. The molecule has 0 N–H and O–H groups in total. The molecular weight excluding hydrogens is 384 g/mol. The van der Waals surface area contributed by atoms with Crippen LogP contribution in [0.5, 0.6) is 0 Å². The van der Waals surface area contributed by atoms with Gasteiger partial charge in [-0.1, -0.05) is 6.07 Å². The minimum Gasteiger partial charge on any atom is -0.302 e. The van der Waals surface area contributed by atoms with E-state index < -0.39 is 0 Å². The Morgan fingerprint density at radius 1 is 1.10 bits per heavy atom. The van der Waals surface area contributed by atoms with E-state index in [4.69, 9.17) is 9.97 Å². The van der Waals surface area contributed by atoms with Gasteiger partial charge in [0.1, 0.15) is 5.65 Å². The molecule has 1 aliphatic heterocycles. The predicted octanol–water partition coefficient (Wildman–Crippen LogP) is 4.43. The van der Waals surface area contributed by atoms with Gasteiger partial charge < -0.3 is 4.40 Å². The number of hydrogen-bond acceptors (Lipinski definition) is 4. The lowest BCUT2D eigenvalue weighted by Crippen LogP contribution is -2.34. The SMILES string of the molecule is Cc1cc(-c2cnn(C)c2)cc([C@H]2CCCN(Cc3c(C)nc4c(C)cccn34)C2)n1. The molecule has 0 aromatic carbocycles. The normalized spacial score (nSPS) is 17.5. The maximum atomic E-state index is 4.93. The highest BCUT2D eigenvalue weighted by molar-refractivity contribution is 5.62. The molecule has 0 aliphatic carbocycles. The minimum atomic E-state index is 0.449. The molecule has 0 radical (unpaired) electrons. The van der Waals surface area contributed by atoms with Crippen molar-refractivity contribution in [3.8, 4) is 11.1 Å². The summed E-state index contributed by atoms with van der Waals surface area (Å²) in [7, 11) is 1.96. The van der Waals surface area contributed by atoms with Gasteiger partial charge in [0.05, 0.1) is 17.6 Å². The number of likely N-dealkylation sites (tertiary alicyclic amines) is 1. The third-order valence-electron chi connectivity index (χ3n) is 6.45. The van der Waals surface area contributed by atoms with E-state index in [1.54, 1.807) is 0 Å². The number of aromatic nitrogens is 5. The summed E-state index contributed by atoms with van der Waals surface area (Å²) in [5, 5.41) is 4.34. The van der Waals surface area contributed by atoms with Gasteiger partial charge in [-0.15, -0.1) is 0 Å². The number of rotatable bonds is 4. The molecule has 4 aromatic heterocycles. The van der Waals surface area contributed by atoms with Crippen LogP contribution < -0.4 is 0 Å². The zero-order chi connectivity index (χ0) is 21.5. The average molecular weight is 415 g/mol. The van der Waals surface area contributed by atoms with Crippen molar-refractivity contribution in [2.24, 2.45) is 7.05 Å². The highest BCUT2D eigenvalue weighted by atomic mass is 15.2. The van der Waals surface area contributed by atoms with Crippen molar-refractivity contribution in [3.05, 3.63) is 71.2 Å². The van der Waals surface area contributed by atoms with Gasteiger partial charge in [-0.2, -0.15) is 5.10 Å². The molecule has 5 heterocycles. The minimum absolute atomic E-state index is 0.449. The van der Waals surface area contributed by atoms with Crippen LogP contribution in [0, 0.1) is 20.8 Å². The zero-order valence-electron chi connectivity index (χ0n) is 18.8. The van der Waals surface area contributed by atoms with Gasteiger partial charge in [-0.3, -0.25) is 14.6 Å². The summed E-state index contributed by atoms with van der Waals surface area (Å²) in [5.41, 5.74) is 9.36. The number of fused-ring (bicyclic) bond motifs is 1. The van der Waals surface area contributed by atoms with Crippen LogP contribution in [0.2, 0.25) is 0 Å². The van der Waals surface area contributed by atoms with Crippen molar-refractivity contribution < 1.29 is 0 Å². The summed E-state index contributed by atoms with van der Waals surface area (Å²) in [6.45, 7) is 9.43. The maximum Gasteiger partial charge on any atom is 0.140 e. The Balaban J connectivity index is 1.40. The van der Waals surface area contributed by atoms with Gasteiger partial charge in [-0.05, 0) is 69.5 Å². The molecule has 160 valence electrons. The van der Waals surface area contributed by atoms with Crippen LogP contribution in [0.1, 0.15) is 47.1 Å². The van der Waals surface area contributed by atoms with E-state index in [1.165, 1.54) is 35.4 Å². The van der Waals surface area contributed by atoms with E-state index in [0.717, 1.165) is 42.2 Å². The topological polar surface area (TPSA) is 51.2 Å². The Morgan fingerprint density at radius 3 is 2.77 bits per heavy atom. The monoisotopic (exact) mass is 414 g/mol. The first-order chi connectivity index (χ1) is 15.0. The first-order valence-electron chi connectivity index (χ1n) is 11.1. The Kier molecular flexibility index (Phi) is 5.10. The van der Waals surface area contributed by atoms with E-state index in [2.05, 4.69) is 71.8 Å². The molecule has 0 saturated carbocycles. The molecule has 1 saturated heterocycles. The molecule has 0 spiro atoms. The maximum absolute atomic E-state index is 4.93. The lowest BCUT2D eigenvalue weighted by Gasteiger charge is -2.32. The Hall–Kier alpha value is -2.99. The Labute approximate surface area is 183 Å². The van der Waals surface area contributed by atoms with Gasteiger partial charge in [0.2, 0.25) is 0 Å². The van der Waals surface area contributed by atoms with E-state index >= 15 is 0 Å². The Morgan fingerprint density at radius 2 is 1.97 bits per heavy atom. The number of hydrogen-bond donors (Lipinski definition) is 0. The average Bonchev–Trinajstić information content (AvgIpc) is 3.32. The second-order valence-corrected chi connectivity index (χ2v) is 8.93. The molecule has 0 unspecified atom stereocenters. The summed E-state index contributed by atoms with van der Waals surface area (Å²) in [6, 6.07) is 8.67. The quantitative estimate of drug-likeness (QED) is 0.496. The summed E-state index contributed by atoms with van der Waals surface area (Å²) in [5.74, 6) is 0.449. The first-order valence-corrected chi connectivity index (χ1v) is 11.1. The van der Waals surface area contributed by atoms with Gasteiger partial charge in [0.15, 0.2) is 0 Å². The number of pyridine rings is 2. The Bertz CT molecular complexity index is 1230. The van der Waals surface area contributed by atoms with Gasteiger partial charge in [-0.25, -0.2) is 4.98 Å². The van der Waals surface area contributed by atoms with E-state index in [9.17, 15) is 0 Å². The fourth-order valence-corrected chi connectivity index (χ4v) is 4.85. The molecule has 1 aliphatic rings. The predicted molar refractivity (Wildman–Crippen MR) is 123 cm³/mol. The molecule has 4 aromatic rings. The van der Waals surface area contributed by atoms with Crippen molar-refractivity contribution >= 4 is 5.65 Å². The second-order valence-electron chi connectivity index (χ2n) is 8.93. The fourth-order valence-electron chi connectivity index (χ4n) is 4.85. The lowest BCUT2D eigenvalue weighted by molar-refractivity contribution is 0.195. The van der Waals surface area contributed by atoms with Crippen LogP contribution in [-0.4, -0.2) is 42.1 Å². The highest BCUT2D eigenvalue weighted by Crippen LogP contribution is 2.30. The number of nitrogens with zero attached hydrogens (tertiary/aromatic N) is 6. The van der Waals surface area contributed by atoms with Crippen LogP contribution in [0.3, 0.4) is 0 Å². The molecular formula is C25H30N6. The summed E-state index contributed by atoms with van der Waals surface area (Å²) in [6.07, 6.45) is 8.52. The van der Waals surface area contributed by atoms with E-state index in [-0.39, 0.29) is 0 Å². The lowest BCUT2D eigenvalue weighted by atomic mass is 9.92. The largest absolute Gasteiger partial charge is 0.302 e. The fraction of sp³-hybridized carbons (Fsp3) is 0.400. The molecule has 0 bridgehead atoms. The van der Waals surface area contributed by atoms with Crippen molar-refractivity contribution in [3.63, 3.8) is 0 Å². The van der Waals surface area contributed by atoms with Crippen LogP contribution in [0.4, 0.5) is 0 Å². The van der Waals surface area contributed by atoms with Crippen LogP contribution >= 0.6 is 0 Å². The van der Waals surface area contributed by atoms with Gasteiger partial charge in [0, 0.05) is 55.4 Å². The van der Waals surface area contributed by atoms with Crippen molar-refractivity contribution in [1.82, 2.24) is 29.0 Å². The molecule has 1 atom stereocenters. The number of imidazole rings is 1. The number of piperidine rings is 1. The standard InChI is InChI=1S/C25H30N6/c1-17-7-5-10-31-24(19(3)28-25(17)31)16-30-9-6-8-20(15-30)23-12-21(11-18(2)27-23)22-13-26-29(4)14-22/h5,7,10-14,20H,6,8-9,15-16H2,1-4H3/t20-/m0/s1. The summed E-state index contributed by atoms with van der Waals surface area (Å²) in [4.78, 5) is 12.3. The summed E-state index contributed by atoms with van der Waals surface area (Å²) >= 11 is 0. The third-order valence-corrected chi connectivity index (χ3v) is 6.45. The third kappa shape index (κ3) is 3.88. The van der Waals surface area contributed by atoms with Crippen LogP contribution in [0.25, 0.3) is 16.8 Å². The molecule has 5 rings (SSSR count). The van der Waals surface area contributed by atoms with Crippen LogP contribution in [0.15, 0.2) is 42.9 Å².